The van der Waals surface area contributed by atoms with Gasteiger partial charge in [0.2, 0.25) is 5.91 Å². The van der Waals surface area contributed by atoms with Gasteiger partial charge < -0.3 is 9.64 Å². The third-order valence-electron chi connectivity index (χ3n) is 4.83. The number of morpholine rings is 1. The van der Waals surface area contributed by atoms with E-state index in [0.29, 0.717) is 24.2 Å². The normalized spacial score (nSPS) is 24.1. The van der Waals surface area contributed by atoms with E-state index in [1.165, 1.54) is 17.1 Å². The van der Waals surface area contributed by atoms with E-state index in [9.17, 15) is 9.59 Å². The van der Waals surface area contributed by atoms with Crippen LogP contribution in [0, 0.1) is 0 Å². The number of amides is 1. The molecule has 0 unspecified atom stereocenters. The molecule has 1 aliphatic heterocycles. The molecule has 23 heavy (non-hydrogen) atoms. The van der Waals surface area contributed by atoms with Crippen molar-refractivity contribution in [2.24, 2.45) is 7.05 Å². The summed E-state index contributed by atoms with van der Waals surface area (Å²) in [6.07, 6.45) is 6.15. The quantitative estimate of drug-likeness (QED) is 0.773. The van der Waals surface area contributed by atoms with Crippen LogP contribution in [0.5, 0.6) is 0 Å². The Morgan fingerprint density at radius 1 is 1.43 bits per heavy atom. The number of carbonyl (C=O) groups excluding carboxylic acids is 1. The number of ether oxygens (including phenoxy) is 1. The van der Waals surface area contributed by atoms with Crippen LogP contribution in [0.15, 0.2) is 17.3 Å². The highest BCUT2D eigenvalue weighted by atomic mass is 16.5. The Kier molecular flexibility index (Phi) is 3.41. The summed E-state index contributed by atoms with van der Waals surface area (Å²) in [6, 6.07) is 0.155. The molecule has 1 amide bonds. The predicted octanol–water partition coefficient (Wildman–Crippen LogP) is -0.0901. The van der Waals surface area contributed by atoms with Gasteiger partial charge in [-0.25, -0.2) is 4.98 Å². The second-order valence-corrected chi connectivity index (χ2v) is 6.18. The van der Waals surface area contributed by atoms with E-state index >= 15 is 0 Å². The Bertz CT molecular complexity index is 811. The van der Waals surface area contributed by atoms with Crippen LogP contribution in [-0.2, 0) is 23.1 Å². The van der Waals surface area contributed by atoms with Crippen LogP contribution >= 0.6 is 0 Å². The first-order valence-electron chi connectivity index (χ1n) is 7.93. The standard InChI is InChI=1S/C15H19N5O3/c1-18-14-10(7-17-18)15(22)19(9-16-14)8-13(21)20-5-6-23-12-4-2-3-11(12)20/h7,9,11-12H,2-6,8H2,1H3/t11-,12+/m0/s1. The van der Waals surface area contributed by atoms with Gasteiger partial charge in [-0.2, -0.15) is 5.10 Å². The van der Waals surface area contributed by atoms with Crippen molar-refractivity contribution in [3.63, 3.8) is 0 Å². The minimum atomic E-state index is -0.229. The average molecular weight is 317 g/mol. The van der Waals surface area contributed by atoms with E-state index in [0.717, 1.165) is 19.3 Å². The predicted molar refractivity (Wildman–Crippen MR) is 81.9 cm³/mol. The summed E-state index contributed by atoms with van der Waals surface area (Å²) in [6.45, 7) is 1.18. The number of carbonyl (C=O) groups is 1. The third-order valence-corrected chi connectivity index (χ3v) is 4.83. The second kappa shape index (κ2) is 5.45. The van der Waals surface area contributed by atoms with Crippen molar-refractivity contribution in [2.45, 2.75) is 38.0 Å². The molecule has 0 N–H and O–H groups in total. The van der Waals surface area contributed by atoms with E-state index in [-0.39, 0.29) is 30.2 Å². The van der Waals surface area contributed by atoms with Crippen LogP contribution in [0.1, 0.15) is 19.3 Å². The van der Waals surface area contributed by atoms with Crippen LogP contribution in [0.4, 0.5) is 0 Å². The minimum Gasteiger partial charge on any atom is -0.374 e. The summed E-state index contributed by atoms with van der Waals surface area (Å²) < 4.78 is 8.65. The Hall–Kier alpha value is -2.22. The monoisotopic (exact) mass is 317 g/mol. The Morgan fingerprint density at radius 2 is 2.30 bits per heavy atom. The molecule has 2 aromatic rings. The van der Waals surface area contributed by atoms with Gasteiger partial charge in [-0.1, -0.05) is 0 Å². The van der Waals surface area contributed by atoms with Crippen molar-refractivity contribution in [1.82, 2.24) is 24.2 Å². The molecule has 8 nitrogen and oxygen atoms in total. The highest BCUT2D eigenvalue weighted by Crippen LogP contribution is 2.29. The van der Waals surface area contributed by atoms with E-state index in [1.54, 1.807) is 11.7 Å². The molecule has 0 radical (unpaired) electrons. The second-order valence-electron chi connectivity index (χ2n) is 6.18. The fourth-order valence-electron chi connectivity index (χ4n) is 3.65. The highest BCUT2D eigenvalue weighted by molar-refractivity contribution is 5.77. The van der Waals surface area contributed by atoms with Crippen molar-refractivity contribution in [3.05, 3.63) is 22.9 Å². The lowest BCUT2D eigenvalue weighted by Gasteiger charge is -2.37. The van der Waals surface area contributed by atoms with Crippen LogP contribution < -0.4 is 5.56 Å². The smallest absolute Gasteiger partial charge is 0.264 e. The van der Waals surface area contributed by atoms with Crippen molar-refractivity contribution in [1.29, 1.82) is 0 Å². The van der Waals surface area contributed by atoms with Crippen LogP contribution in [-0.4, -0.2) is 55.4 Å². The van der Waals surface area contributed by atoms with Crippen molar-refractivity contribution in [2.75, 3.05) is 13.2 Å². The summed E-state index contributed by atoms with van der Waals surface area (Å²) in [4.78, 5) is 31.2. The molecular formula is C15H19N5O3. The van der Waals surface area contributed by atoms with Gasteiger partial charge in [0.1, 0.15) is 18.3 Å². The van der Waals surface area contributed by atoms with E-state index < -0.39 is 0 Å². The zero-order valence-corrected chi connectivity index (χ0v) is 13.0. The van der Waals surface area contributed by atoms with Crippen LogP contribution in [0.2, 0.25) is 0 Å². The molecule has 2 fully saturated rings. The molecule has 2 atom stereocenters. The van der Waals surface area contributed by atoms with Crippen molar-refractivity contribution >= 4 is 16.9 Å². The Balaban J connectivity index is 1.59. The number of fused-ring (bicyclic) bond motifs is 2. The molecule has 122 valence electrons. The molecule has 2 aromatic heterocycles. The lowest BCUT2D eigenvalue weighted by atomic mass is 10.1. The van der Waals surface area contributed by atoms with Gasteiger partial charge in [0.05, 0.1) is 24.9 Å². The molecule has 1 saturated heterocycles. The largest absolute Gasteiger partial charge is 0.374 e. The zero-order valence-electron chi connectivity index (χ0n) is 13.0. The van der Waals surface area contributed by atoms with Gasteiger partial charge in [-0.15, -0.1) is 0 Å². The maximum Gasteiger partial charge on any atom is 0.264 e. The molecule has 8 heteroatoms. The Labute approximate surface area is 132 Å². The number of aryl methyl sites for hydroxylation is 1. The number of nitrogens with zero attached hydrogens (tertiary/aromatic N) is 5. The van der Waals surface area contributed by atoms with Crippen molar-refractivity contribution in [3.8, 4) is 0 Å². The summed E-state index contributed by atoms with van der Waals surface area (Å²) in [5.74, 6) is -0.0441. The van der Waals surface area contributed by atoms with Gasteiger partial charge in [0.25, 0.3) is 5.56 Å². The van der Waals surface area contributed by atoms with E-state index in [2.05, 4.69) is 10.1 Å². The zero-order chi connectivity index (χ0) is 16.0. The molecular weight excluding hydrogens is 298 g/mol. The maximum atomic E-state index is 12.7. The van der Waals surface area contributed by atoms with Gasteiger partial charge >= 0.3 is 0 Å². The summed E-state index contributed by atoms with van der Waals surface area (Å²) in [7, 11) is 1.73. The summed E-state index contributed by atoms with van der Waals surface area (Å²) in [5.41, 5.74) is 0.300. The molecule has 3 heterocycles. The number of aromatic nitrogens is 4. The minimum absolute atomic E-state index is 0.0138. The molecule has 0 bridgehead atoms. The molecule has 1 aliphatic carbocycles. The maximum absolute atomic E-state index is 12.7. The van der Waals surface area contributed by atoms with Gasteiger partial charge in [0.15, 0.2) is 5.65 Å². The molecule has 1 saturated carbocycles. The molecule has 0 aromatic carbocycles. The van der Waals surface area contributed by atoms with E-state index in [4.69, 9.17) is 4.74 Å². The highest BCUT2D eigenvalue weighted by Gasteiger charge is 2.38. The van der Waals surface area contributed by atoms with Crippen LogP contribution in [0.3, 0.4) is 0 Å². The number of hydrogen-bond acceptors (Lipinski definition) is 5. The molecule has 0 spiro atoms. The molecule has 2 aliphatic rings. The van der Waals surface area contributed by atoms with Gasteiger partial charge in [-0.3, -0.25) is 18.8 Å². The number of hydrogen-bond donors (Lipinski definition) is 0. The van der Waals surface area contributed by atoms with Gasteiger partial charge in [0, 0.05) is 13.6 Å². The topological polar surface area (TPSA) is 82.2 Å². The fraction of sp³-hybridized carbons (Fsp3) is 0.600. The average Bonchev–Trinajstić information content (AvgIpc) is 3.16. The molecule has 4 rings (SSSR count). The fourth-order valence-corrected chi connectivity index (χ4v) is 3.65. The first kappa shape index (κ1) is 14.4. The van der Waals surface area contributed by atoms with Crippen molar-refractivity contribution < 1.29 is 9.53 Å². The van der Waals surface area contributed by atoms with E-state index in [1.807, 2.05) is 4.90 Å². The van der Waals surface area contributed by atoms with Crippen LogP contribution in [0.25, 0.3) is 11.0 Å². The lowest BCUT2D eigenvalue weighted by molar-refractivity contribution is -0.144. The lowest BCUT2D eigenvalue weighted by Crippen LogP contribution is -2.52. The number of rotatable bonds is 2. The first-order chi connectivity index (χ1) is 11.1. The summed E-state index contributed by atoms with van der Waals surface area (Å²) in [5, 5.41) is 4.47. The first-order valence-corrected chi connectivity index (χ1v) is 7.93. The SMILES string of the molecule is Cn1ncc2c(=O)n(CC(=O)N3CCO[C@@H]4CCC[C@@H]43)cnc21. The Morgan fingerprint density at radius 3 is 3.17 bits per heavy atom. The van der Waals surface area contributed by atoms with Gasteiger partial charge in [-0.05, 0) is 19.3 Å². The third kappa shape index (κ3) is 2.33. The summed E-state index contributed by atoms with van der Waals surface area (Å²) >= 11 is 0.